The normalized spacial score (nSPS) is 19.7. The number of hydrogen-bond donors (Lipinski definition) is 0. The van der Waals surface area contributed by atoms with Gasteiger partial charge in [-0.15, -0.1) is 0 Å². The van der Waals surface area contributed by atoms with Crippen molar-refractivity contribution in [1.82, 2.24) is 4.90 Å². The second kappa shape index (κ2) is 9.51. The molecule has 3 amide bonds. The van der Waals surface area contributed by atoms with Gasteiger partial charge < -0.3 is 4.90 Å². The summed E-state index contributed by atoms with van der Waals surface area (Å²) < 4.78 is 1.03. The summed E-state index contributed by atoms with van der Waals surface area (Å²) in [6, 6.07) is 14.6. The molecule has 0 bridgehead atoms. The van der Waals surface area contributed by atoms with E-state index in [1.165, 1.54) is 4.90 Å². The summed E-state index contributed by atoms with van der Waals surface area (Å²) in [6.45, 7) is 2.37. The van der Waals surface area contributed by atoms with E-state index in [-0.39, 0.29) is 30.1 Å². The summed E-state index contributed by atoms with van der Waals surface area (Å²) in [4.78, 5) is 42.7. The molecule has 31 heavy (non-hydrogen) atoms. The second-order valence-corrected chi connectivity index (χ2v) is 9.80. The van der Waals surface area contributed by atoms with Gasteiger partial charge in [-0.2, -0.15) is 0 Å². The molecule has 1 aliphatic carbocycles. The molecule has 2 fully saturated rings. The Balaban J connectivity index is 1.62. The third-order valence-electron chi connectivity index (χ3n) is 6.29. The van der Waals surface area contributed by atoms with Crippen molar-refractivity contribution >= 4 is 46.0 Å². The minimum Gasteiger partial charge on any atom is -0.326 e. The van der Waals surface area contributed by atoms with Crippen LogP contribution in [0.1, 0.15) is 49.7 Å². The van der Waals surface area contributed by atoms with Crippen molar-refractivity contribution < 1.29 is 14.4 Å². The van der Waals surface area contributed by atoms with Crippen LogP contribution in [0.2, 0.25) is 0 Å². The number of hydrogen-bond acceptors (Lipinski definition) is 3. The molecule has 162 valence electrons. The topological polar surface area (TPSA) is 57.7 Å². The molecule has 1 saturated carbocycles. The van der Waals surface area contributed by atoms with E-state index in [4.69, 9.17) is 0 Å². The Morgan fingerprint density at radius 1 is 1.00 bits per heavy atom. The Hall–Kier alpha value is -2.22. The van der Waals surface area contributed by atoms with Crippen LogP contribution in [0.5, 0.6) is 0 Å². The fourth-order valence-electron chi connectivity index (χ4n) is 4.54. The Labute approximate surface area is 196 Å². The first-order chi connectivity index (χ1) is 14.9. The lowest BCUT2D eigenvalue weighted by molar-refractivity contribution is -0.143. The van der Waals surface area contributed by atoms with Gasteiger partial charge in [0.25, 0.3) is 5.91 Å². The van der Waals surface area contributed by atoms with Crippen LogP contribution in [0.15, 0.2) is 48.5 Å². The zero-order valence-electron chi connectivity index (χ0n) is 17.7. The molecular formula is C25H27IN2O3. The lowest BCUT2D eigenvalue weighted by Gasteiger charge is -2.32. The van der Waals surface area contributed by atoms with Gasteiger partial charge in [-0.05, 0) is 72.2 Å². The van der Waals surface area contributed by atoms with E-state index < -0.39 is 6.04 Å². The van der Waals surface area contributed by atoms with Crippen molar-refractivity contribution in [2.24, 2.45) is 5.92 Å². The monoisotopic (exact) mass is 530 g/mol. The summed E-state index contributed by atoms with van der Waals surface area (Å²) in [5.41, 5.74) is 2.69. The highest BCUT2D eigenvalue weighted by Crippen LogP contribution is 2.31. The molecule has 1 heterocycles. The number of imide groups is 1. The molecule has 1 unspecified atom stereocenters. The standard InChI is InChI=1S/C25H27IN2O3/c1-17-7-9-18(10-8-17)16-27(24(30)19-5-3-2-4-6-19)22-15-23(29)28(25(22)31)21-13-11-20(26)12-14-21/h7-14,19,22H,2-6,15-16H2,1H3. The molecule has 0 N–H and O–H groups in total. The molecule has 6 heteroatoms. The highest BCUT2D eigenvalue weighted by atomic mass is 127. The molecule has 2 aromatic carbocycles. The largest absolute Gasteiger partial charge is 0.326 e. The molecule has 1 aliphatic heterocycles. The Morgan fingerprint density at radius 2 is 1.65 bits per heavy atom. The van der Waals surface area contributed by atoms with Gasteiger partial charge in [-0.3, -0.25) is 14.4 Å². The SMILES string of the molecule is Cc1ccc(CN(C(=O)C2CCCCC2)C2CC(=O)N(c3ccc(I)cc3)C2=O)cc1. The van der Waals surface area contributed by atoms with Crippen LogP contribution in [0.4, 0.5) is 5.69 Å². The molecule has 4 rings (SSSR count). The molecule has 0 spiro atoms. The van der Waals surface area contributed by atoms with Crippen LogP contribution in [0.3, 0.4) is 0 Å². The first kappa shape index (κ1) is 22.0. The number of halogens is 1. The smallest absolute Gasteiger partial charge is 0.257 e. The maximum Gasteiger partial charge on any atom is 0.257 e. The number of aryl methyl sites for hydroxylation is 1. The first-order valence-electron chi connectivity index (χ1n) is 10.9. The molecule has 0 radical (unpaired) electrons. The van der Waals surface area contributed by atoms with E-state index in [2.05, 4.69) is 22.6 Å². The first-order valence-corrected chi connectivity index (χ1v) is 12.0. The van der Waals surface area contributed by atoms with E-state index >= 15 is 0 Å². The van der Waals surface area contributed by atoms with Crippen molar-refractivity contribution in [2.75, 3.05) is 4.90 Å². The van der Waals surface area contributed by atoms with Crippen molar-refractivity contribution in [2.45, 2.75) is 58.0 Å². The van der Waals surface area contributed by atoms with Crippen LogP contribution < -0.4 is 4.90 Å². The lowest BCUT2D eigenvalue weighted by Crippen LogP contribution is -2.47. The molecule has 1 saturated heterocycles. The predicted octanol–water partition coefficient (Wildman–Crippen LogP) is 4.84. The van der Waals surface area contributed by atoms with Gasteiger partial charge >= 0.3 is 0 Å². The minimum absolute atomic E-state index is 0.0101. The summed E-state index contributed by atoms with van der Waals surface area (Å²) in [5, 5.41) is 0. The van der Waals surface area contributed by atoms with Crippen LogP contribution in [0, 0.1) is 16.4 Å². The quantitative estimate of drug-likeness (QED) is 0.411. The fourth-order valence-corrected chi connectivity index (χ4v) is 4.90. The highest BCUT2D eigenvalue weighted by molar-refractivity contribution is 14.1. The number of carbonyl (C=O) groups excluding carboxylic acids is 3. The van der Waals surface area contributed by atoms with Gasteiger partial charge in [0, 0.05) is 16.0 Å². The Morgan fingerprint density at radius 3 is 2.29 bits per heavy atom. The number of amides is 3. The highest BCUT2D eigenvalue weighted by Gasteiger charge is 2.45. The van der Waals surface area contributed by atoms with Gasteiger partial charge in [0.1, 0.15) is 6.04 Å². The number of carbonyl (C=O) groups is 3. The fraction of sp³-hybridized carbons (Fsp3) is 0.400. The molecule has 0 aromatic heterocycles. The molecule has 2 aromatic rings. The zero-order chi connectivity index (χ0) is 22.0. The zero-order valence-corrected chi connectivity index (χ0v) is 19.9. The number of nitrogens with zero attached hydrogens (tertiary/aromatic N) is 2. The van der Waals surface area contributed by atoms with E-state index in [0.29, 0.717) is 12.2 Å². The van der Waals surface area contributed by atoms with Crippen LogP contribution in [0.25, 0.3) is 0 Å². The van der Waals surface area contributed by atoms with Crippen LogP contribution in [-0.2, 0) is 20.9 Å². The summed E-state index contributed by atoms with van der Waals surface area (Å²) in [7, 11) is 0. The average Bonchev–Trinajstić information content (AvgIpc) is 3.08. The number of anilines is 1. The maximum absolute atomic E-state index is 13.5. The Bertz CT molecular complexity index is 965. The van der Waals surface area contributed by atoms with Crippen molar-refractivity contribution in [3.63, 3.8) is 0 Å². The third-order valence-corrected chi connectivity index (χ3v) is 7.01. The van der Waals surface area contributed by atoms with E-state index in [1.54, 1.807) is 17.0 Å². The number of rotatable bonds is 5. The second-order valence-electron chi connectivity index (χ2n) is 8.55. The van der Waals surface area contributed by atoms with Gasteiger partial charge in [-0.25, -0.2) is 4.90 Å². The summed E-state index contributed by atoms with van der Waals surface area (Å²) >= 11 is 2.19. The Kier molecular flexibility index (Phi) is 6.74. The van der Waals surface area contributed by atoms with Gasteiger partial charge in [0.05, 0.1) is 12.1 Å². The van der Waals surface area contributed by atoms with Gasteiger partial charge in [0.15, 0.2) is 0 Å². The predicted molar refractivity (Wildman–Crippen MR) is 128 cm³/mol. The van der Waals surface area contributed by atoms with E-state index in [0.717, 1.165) is 46.8 Å². The lowest BCUT2D eigenvalue weighted by atomic mass is 9.87. The summed E-state index contributed by atoms with van der Waals surface area (Å²) in [6.07, 6.45) is 5.00. The van der Waals surface area contributed by atoms with E-state index in [1.807, 2.05) is 43.3 Å². The maximum atomic E-state index is 13.5. The average molecular weight is 530 g/mol. The van der Waals surface area contributed by atoms with Gasteiger partial charge in [0.2, 0.25) is 11.8 Å². The van der Waals surface area contributed by atoms with Crippen molar-refractivity contribution in [3.05, 3.63) is 63.2 Å². The van der Waals surface area contributed by atoms with Gasteiger partial charge in [-0.1, -0.05) is 49.1 Å². The summed E-state index contributed by atoms with van der Waals surface area (Å²) in [5.74, 6) is -0.602. The molecule has 1 atom stereocenters. The van der Waals surface area contributed by atoms with Crippen molar-refractivity contribution in [1.29, 1.82) is 0 Å². The minimum atomic E-state index is -0.748. The molecule has 2 aliphatic rings. The van der Waals surface area contributed by atoms with Crippen molar-refractivity contribution in [3.8, 4) is 0 Å². The molecular weight excluding hydrogens is 503 g/mol. The van der Waals surface area contributed by atoms with Crippen LogP contribution >= 0.6 is 22.6 Å². The molecule has 5 nitrogen and oxygen atoms in total. The van der Waals surface area contributed by atoms with E-state index in [9.17, 15) is 14.4 Å². The third kappa shape index (κ3) is 4.84. The van der Waals surface area contributed by atoms with Crippen LogP contribution in [-0.4, -0.2) is 28.7 Å². The number of benzene rings is 2.